The molecule has 5 nitrogen and oxygen atoms in total. The summed E-state index contributed by atoms with van der Waals surface area (Å²) in [7, 11) is 0. The third kappa shape index (κ3) is 7.44. The number of nitrogens with zero attached hydrogens (tertiary/aromatic N) is 1. The lowest BCUT2D eigenvalue weighted by molar-refractivity contribution is -0.143. The summed E-state index contributed by atoms with van der Waals surface area (Å²) in [4.78, 5) is 28.8. The van der Waals surface area contributed by atoms with Crippen LogP contribution in [0.1, 0.15) is 42.5 Å². The van der Waals surface area contributed by atoms with E-state index in [0.29, 0.717) is 18.7 Å². The standard InChI is InChI=1S/C30H36N2O3/c1-5-23(3)31-30(34)27(19-25-14-8-6-9-15-25)32(20-26-16-10-7-11-17-26)29(33)21-35-28-18-12-13-22(2)24(28)4/h6-18,23,27H,5,19-21H2,1-4H3,(H,31,34)/t23-,27-/m0/s1. The van der Waals surface area contributed by atoms with Gasteiger partial charge in [0.1, 0.15) is 11.8 Å². The van der Waals surface area contributed by atoms with Crippen molar-refractivity contribution in [3.05, 3.63) is 101 Å². The SMILES string of the molecule is CC[C@H](C)NC(=O)[C@H](Cc1ccccc1)N(Cc1ccccc1)C(=O)COc1cccc(C)c1C. The molecule has 3 rings (SSSR count). The Morgan fingerprint density at radius 3 is 2.14 bits per heavy atom. The molecule has 0 radical (unpaired) electrons. The van der Waals surface area contributed by atoms with Crippen LogP contribution < -0.4 is 10.1 Å². The minimum atomic E-state index is -0.665. The van der Waals surface area contributed by atoms with Crippen LogP contribution in [0, 0.1) is 13.8 Å². The van der Waals surface area contributed by atoms with Gasteiger partial charge in [-0.05, 0) is 55.5 Å². The average Bonchev–Trinajstić information content (AvgIpc) is 2.87. The highest BCUT2D eigenvalue weighted by Gasteiger charge is 2.31. The van der Waals surface area contributed by atoms with Crippen molar-refractivity contribution in [1.82, 2.24) is 10.2 Å². The Kier molecular flexibility index (Phi) is 9.47. The highest BCUT2D eigenvalue weighted by atomic mass is 16.5. The molecule has 0 spiro atoms. The van der Waals surface area contributed by atoms with Crippen molar-refractivity contribution >= 4 is 11.8 Å². The molecule has 2 atom stereocenters. The van der Waals surface area contributed by atoms with E-state index < -0.39 is 6.04 Å². The molecule has 3 aromatic rings. The van der Waals surface area contributed by atoms with Crippen molar-refractivity contribution in [3.63, 3.8) is 0 Å². The smallest absolute Gasteiger partial charge is 0.261 e. The monoisotopic (exact) mass is 472 g/mol. The number of benzene rings is 3. The van der Waals surface area contributed by atoms with Crippen LogP contribution >= 0.6 is 0 Å². The Bertz CT molecular complexity index is 1100. The van der Waals surface area contributed by atoms with Crippen molar-refractivity contribution in [1.29, 1.82) is 0 Å². The van der Waals surface area contributed by atoms with Gasteiger partial charge in [-0.15, -0.1) is 0 Å². The lowest BCUT2D eigenvalue weighted by atomic mass is 10.0. The van der Waals surface area contributed by atoms with Crippen LogP contribution in [0.4, 0.5) is 0 Å². The zero-order chi connectivity index (χ0) is 25.2. The van der Waals surface area contributed by atoms with E-state index in [4.69, 9.17) is 4.74 Å². The van der Waals surface area contributed by atoms with Gasteiger partial charge < -0.3 is 15.0 Å². The zero-order valence-corrected chi connectivity index (χ0v) is 21.2. The first-order chi connectivity index (χ1) is 16.9. The normalized spacial score (nSPS) is 12.5. The molecule has 0 fully saturated rings. The number of nitrogens with one attached hydrogen (secondary N) is 1. The number of aryl methyl sites for hydroxylation is 1. The van der Waals surface area contributed by atoms with Gasteiger partial charge in [-0.3, -0.25) is 9.59 Å². The van der Waals surface area contributed by atoms with Gasteiger partial charge in [0.15, 0.2) is 6.61 Å². The zero-order valence-electron chi connectivity index (χ0n) is 21.2. The van der Waals surface area contributed by atoms with Gasteiger partial charge in [-0.1, -0.05) is 79.7 Å². The van der Waals surface area contributed by atoms with Crippen LogP contribution in [-0.2, 0) is 22.6 Å². The van der Waals surface area contributed by atoms with E-state index in [1.165, 1.54) is 0 Å². The van der Waals surface area contributed by atoms with Crippen molar-refractivity contribution in [2.75, 3.05) is 6.61 Å². The first-order valence-electron chi connectivity index (χ1n) is 12.3. The predicted octanol–water partition coefficient (Wildman–Crippen LogP) is 5.24. The molecule has 0 heterocycles. The minimum absolute atomic E-state index is 0.0145. The van der Waals surface area contributed by atoms with Crippen molar-refractivity contribution in [3.8, 4) is 5.75 Å². The van der Waals surface area contributed by atoms with E-state index in [2.05, 4.69) is 5.32 Å². The summed E-state index contributed by atoms with van der Waals surface area (Å²) >= 11 is 0. The second-order valence-corrected chi connectivity index (χ2v) is 9.02. The number of amides is 2. The second-order valence-electron chi connectivity index (χ2n) is 9.02. The van der Waals surface area contributed by atoms with E-state index in [-0.39, 0.29) is 24.5 Å². The highest BCUT2D eigenvalue weighted by molar-refractivity contribution is 5.88. The van der Waals surface area contributed by atoms with Gasteiger partial charge in [0.25, 0.3) is 5.91 Å². The molecule has 0 unspecified atom stereocenters. The van der Waals surface area contributed by atoms with Gasteiger partial charge in [-0.2, -0.15) is 0 Å². The van der Waals surface area contributed by atoms with E-state index in [0.717, 1.165) is 28.7 Å². The number of hydrogen-bond donors (Lipinski definition) is 1. The molecule has 0 saturated heterocycles. The summed E-state index contributed by atoms with van der Waals surface area (Å²) in [5.41, 5.74) is 4.07. The Labute approximate surface area is 209 Å². The Morgan fingerprint density at radius 2 is 1.51 bits per heavy atom. The first-order valence-corrected chi connectivity index (χ1v) is 12.3. The predicted molar refractivity (Wildman–Crippen MR) is 140 cm³/mol. The molecule has 3 aromatic carbocycles. The Morgan fingerprint density at radius 1 is 0.886 bits per heavy atom. The molecule has 35 heavy (non-hydrogen) atoms. The van der Waals surface area contributed by atoms with E-state index >= 15 is 0 Å². The van der Waals surface area contributed by atoms with Gasteiger partial charge in [-0.25, -0.2) is 0 Å². The highest BCUT2D eigenvalue weighted by Crippen LogP contribution is 2.21. The van der Waals surface area contributed by atoms with Crippen LogP contribution in [-0.4, -0.2) is 35.4 Å². The van der Waals surface area contributed by atoms with Gasteiger partial charge in [0.05, 0.1) is 0 Å². The van der Waals surface area contributed by atoms with Crippen LogP contribution in [0.2, 0.25) is 0 Å². The van der Waals surface area contributed by atoms with Gasteiger partial charge in [0.2, 0.25) is 5.91 Å². The average molecular weight is 473 g/mol. The fraction of sp³-hybridized carbons (Fsp3) is 0.333. The maximum absolute atomic E-state index is 13.6. The minimum Gasteiger partial charge on any atom is -0.483 e. The first kappa shape index (κ1) is 26.0. The maximum atomic E-state index is 13.6. The molecule has 0 aliphatic carbocycles. The molecule has 0 saturated carbocycles. The number of carbonyl (C=O) groups is 2. The molecule has 0 bridgehead atoms. The number of hydrogen-bond acceptors (Lipinski definition) is 3. The molecule has 1 N–H and O–H groups in total. The van der Waals surface area contributed by atoms with Crippen LogP contribution in [0.15, 0.2) is 78.9 Å². The van der Waals surface area contributed by atoms with Crippen LogP contribution in [0.3, 0.4) is 0 Å². The van der Waals surface area contributed by atoms with Crippen molar-refractivity contribution in [2.45, 2.75) is 59.2 Å². The molecule has 0 aliphatic heterocycles. The molecule has 0 aliphatic rings. The summed E-state index contributed by atoms with van der Waals surface area (Å²) in [6, 6.07) is 24.7. The number of rotatable bonds is 11. The summed E-state index contributed by atoms with van der Waals surface area (Å²) in [6.45, 7) is 8.18. The fourth-order valence-electron chi connectivity index (χ4n) is 3.88. The van der Waals surface area contributed by atoms with Crippen LogP contribution in [0.5, 0.6) is 5.75 Å². The Balaban J connectivity index is 1.91. The summed E-state index contributed by atoms with van der Waals surface area (Å²) < 4.78 is 5.96. The van der Waals surface area contributed by atoms with Gasteiger partial charge >= 0.3 is 0 Å². The maximum Gasteiger partial charge on any atom is 0.261 e. The van der Waals surface area contributed by atoms with Gasteiger partial charge in [0, 0.05) is 19.0 Å². The molecule has 5 heteroatoms. The van der Waals surface area contributed by atoms with Crippen molar-refractivity contribution < 1.29 is 14.3 Å². The Hall–Kier alpha value is -3.60. The molecule has 2 amide bonds. The lowest BCUT2D eigenvalue weighted by Crippen LogP contribution is -2.53. The summed E-state index contributed by atoms with van der Waals surface area (Å²) in [6.07, 6.45) is 1.23. The lowest BCUT2D eigenvalue weighted by Gasteiger charge is -2.32. The second kappa shape index (κ2) is 12.7. The fourth-order valence-corrected chi connectivity index (χ4v) is 3.88. The topological polar surface area (TPSA) is 58.6 Å². The third-order valence-corrected chi connectivity index (χ3v) is 6.37. The summed E-state index contributed by atoms with van der Waals surface area (Å²) in [5, 5.41) is 3.09. The number of carbonyl (C=O) groups excluding carboxylic acids is 2. The third-order valence-electron chi connectivity index (χ3n) is 6.37. The van der Waals surface area contributed by atoms with E-state index in [9.17, 15) is 9.59 Å². The van der Waals surface area contributed by atoms with Crippen LogP contribution in [0.25, 0.3) is 0 Å². The van der Waals surface area contributed by atoms with E-state index in [1.807, 2.05) is 107 Å². The molecule has 0 aromatic heterocycles. The number of ether oxygens (including phenoxy) is 1. The quantitative estimate of drug-likeness (QED) is 0.415. The van der Waals surface area contributed by atoms with Crippen molar-refractivity contribution in [2.24, 2.45) is 0 Å². The molecular formula is C30H36N2O3. The molecule has 184 valence electrons. The molecular weight excluding hydrogens is 436 g/mol. The van der Waals surface area contributed by atoms with E-state index in [1.54, 1.807) is 4.90 Å². The summed E-state index contributed by atoms with van der Waals surface area (Å²) in [5.74, 6) is 0.302. The largest absolute Gasteiger partial charge is 0.483 e.